The molecule has 0 saturated carbocycles. The van der Waals surface area contributed by atoms with Crippen LogP contribution in [0, 0.1) is 0 Å². The summed E-state index contributed by atoms with van der Waals surface area (Å²) in [6.45, 7) is 9.63. The van der Waals surface area contributed by atoms with Crippen molar-refractivity contribution in [3.63, 3.8) is 0 Å². The van der Waals surface area contributed by atoms with Gasteiger partial charge in [0, 0.05) is 13.1 Å². The molecule has 188 valence electrons. The Bertz CT molecular complexity index is 811. The van der Waals surface area contributed by atoms with E-state index in [1.165, 1.54) is 0 Å². The fraction of sp³-hybridized carbons (Fsp3) is 0.900. The molecule has 2 aliphatic heterocycles. The van der Waals surface area contributed by atoms with Gasteiger partial charge in [-0.25, -0.2) is 16.8 Å². The third-order valence-electron chi connectivity index (χ3n) is 6.18. The Balaban J connectivity index is 0.000000602. The van der Waals surface area contributed by atoms with Crippen LogP contribution in [0.4, 0.5) is 0 Å². The second-order valence-electron chi connectivity index (χ2n) is 9.22. The third kappa shape index (κ3) is 10.5. The van der Waals surface area contributed by atoms with E-state index in [1.807, 2.05) is 23.6 Å². The molecular formula is C20H36CdN2O4S6. The van der Waals surface area contributed by atoms with Gasteiger partial charge in [-0.1, -0.05) is 35.3 Å². The maximum atomic E-state index is 11.5. The van der Waals surface area contributed by atoms with Gasteiger partial charge in [-0.2, -0.15) is 0 Å². The maximum absolute atomic E-state index is 11.5. The normalized spacial score (nSPS) is 27.0. The minimum Gasteiger partial charge on any atom is -0.411 e. The molecule has 0 spiro atoms. The van der Waals surface area contributed by atoms with Crippen LogP contribution in [0.2, 0.25) is 0 Å². The van der Waals surface area contributed by atoms with Crippen molar-refractivity contribution in [1.29, 1.82) is 0 Å². The zero-order valence-corrected chi connectivity index (χ0v) is 29.1. The molecule has 2 aliphatic rings. The monoisotopic (exact) mass is 674 g/mol. The van der Waals surface area contributed by atoms with Crippen molar-refractivity contribution in [2.24, 2.45) is 0 Å². The van der Waals surface area contributed by atoms with Crippen LogP contribution >= 0.6 is 24.4 Å². The average molecular weight is 673 g/mol. The van der Waals surface area contributed by atoms with Crippen LogP contribution in [-0.2, 0) is 72.2 Å². The molecule has 2 heterocycles. The first-order valence-electron chi connectivity index (χ1n) is 11.0. The Labute approximate surface area is 243 Å². The summed E-state index contributed by atoms with van der Waals surface area (Å²) < 4.78 is 47.0. The Morgan fingerprint density at radius 3 is 1.27 bits per heavy atom. The number of hydrogen-bond donors (Lipinski definition) is 0. The Morgan fingerprint density at radius 1 is 0.788 bits per heavy atom. The molecule has 6 nitrogen and oxygen atoms in total. The molecule has 2 rings (SSSR count). The van der Waals surface area contributed by atoms with Crippen molar-refractivity contribution in [2.45, 2.75) is 77.3 Å². The summed E-state index contributed by atoms with van der Waals surface area (Å²) in [6.07, 6.45) is 5.36. The summed E-state index contributed by atoms with van der Waals surface area (Å²) in [5.41, 5.74) is -0.764. The van der Waals surface area contributed by atoms with Gasteiger partial charge < -0.3 is 59.5 Å². The largest absolute Gasteiger partial charge is 2.00 e. The number of sulfone groups is 2. The third-order valence-corrected chi connectivity index (χ3v) is 10.8. The number of unbranched alkanes of at least 4 members (excludes halogenated alkanes) is 2. The Kier molecular flexibility index (Phi) is 14.6. The molecule has 0 radical (unpaired) electrons. The van der Waals surface area contributed by atoms with Crippen LogP contribution in [-0.4, -0.2) is 82.5 Å². The van der Waals surface area contributed by atoms with Crippen molar-refractivity contribution in [2.75, 3.05) is 36.1 Å². The van der Waals surface area contributed by atoms with Crippen LogP contribution in [0.1, 0.15) is 66.2 Å². The van der Waals surface area contributed by atoms with E-state index in [1.54, 1.807) is 0 Å². The summed E-state index contributed by atoms with van der Waals surface area (Å²) >= 11 is 20.2. The summed E-state index contributed by atoms with van der Waals surface area (Å²) in [7, 11) is -5.81. The second-order valence-corrected chi connectivity index (χ2v) is 15.7. The van der Waals surface area contributed by atoms with E-state index in [9.17, 15) is 16.8 Å². The van der Waals surface area contributed by atoms with Gasteiger partial charge >= 0.3 is 27.3 Å². The second kappa shape index (κ2) is 14.1. The average Bonchev–Trinajstić information content (AvgIpc) is 3.10. The van der Waals surface area contributed by atoms with Crippen molar-refractivity contribution in [1.82, 2.24) is 9.80 Å². The van der Waals surface area contributed by atoms with Gasteiger partial charge in [0.25, 0.3) is 0 Å². The SMILES string of the molecule is CCCCN(C(=S)[S-])C1(C)CCS(=O)(=O)C1.CCCCN(C(=S)[S-])C1(C)CCS(=O)(=O)C1.[Cd+2]. The predicted molar refractivity (Wildman–Crippen MR) is 147 cm³/mol. The number of hydrogen-bond acceptors (Lipinski definition) is 8. The molecule has 13 heteroatoms. The van der Waals surface area contributed by atoms with E-state index < -0.39 is 19.7 Å². The van der Waals surface area contributed by atoms with Crippen LogP contribution in [0.3, 0.4) is 0 Å². The maximum Gasteiger partial charge on any atom is 2.00 e. The van der Waals surface area contributed by atoms with Crippen LogP contribution in [0.25, 0.3) is 0 Å². The molecule has 0 aliphatic carbocycles. The first-order valence-corrected chi connectivity index (χ1v) is 16.3. The van der Waals surface area contributed by atoms with Crippen LogP contribution < -0.4 is 0 Å². The van der Waals surface area contributed by atoms with E-state index in [0.29, 0.717) is 21.5 Å². The first-order chi connectivity index (χ1) is 14.6. The molecule has 2 fully saturated rings. The first kappa shape index (κ1) is 34.0. The Morgan fingerprint density at radius 2 is 1.09 bits per heavy atom. The van der Waals surface area contributed by atoms with E-state index in [-0.39, 0.29) is 61.4 Å². The van der Waals surface area contributed by atoms with E-state index in [4.69, 9.17) is 49.7 Å². The quantitative estimate of drug-likeness (QED) is 0.218. The molecule has 33 heavy (non-hydrogen) atoms. The van der Waals surface area contributed by atoms with Crippen molar-refractivity contribution < 1.29 is 44.1 Å². The minimum absolute atomic E-state index is 0. The van der Waals surface area contributed by atoms with Gasteiger partial charge in [-0.05, 0) is 39.5 Å². The number of rotatable bonds is 8. The van der Waals surface area contributed by atoms with Gasteiger partial charge in [0.05, 0.1) is 34.1 Å². The van der Waals surface area contributed by atoms with Gasteiger partial charge in [0.2, 0.25) is 0 Å². The predicted octanol–water partition coefficient (Wildman–Crippen LogP) is 2.99. The van der Waals surface area contributed by atoms with E-state index >= 15 is 0 Å². The van der Waals surface area contributed by atoms with E-state index in [0.717, 1.165) is 38.8 Å². The number of nitrogens with zero attached hydrogens (tertiary/aromatic N) is 2. The van der Waals surface area contributed by atoms with Gasteiger partial charge in [0.1, 0.15) is 0 Å². The van der Waals surface area contributed by atoms with Crippen LogP contribution in [0.15, 0.2) is 0 Å². The minimum atomic E-state index is -2.91. The van der Waals surface area contributed by atoms with Gasteiger partial charge in [0.15, 0.2) is 19.7 Å². The molecule has 2 saturated heterocycles. The molecule has 0 aromatic heterocycles. The Hall–Kier alpha value is 1.04. The molecule has 0 amide bonds. The molecular weight excluding hydrogens is 637 g/mol. The fourth-order valence-corrected chi connectivity index (χ4v) is 9.74. The van der Waals surface area contributed by atoms with Crippen LogP contribution in [0.5, 0.6) is 0 Å². The summed E-state index contributed by atoms with van der Waals surface area (Å²) in [5, 5.41) is 0. The summed E-state index contributed by atoms with van der Waals surface area (Å²) in [5.74, 6) is 0.870. The molecule has 0 aromatic rings. The molecule has 2 unspecified atom stereocenters. The fourth-order valence-electron chi connectivity index (χ4n) is 4.21. The number of thiocarbonyl (C=S) groups is 2. The molecule has 0 aromatic carbocycles. The van der Waals surface area contributed by atoms with E-state index in [2.05, 4.69) is 13.8 Å². The van der Waals surface area contributed by atoms with Crippen molar-refractivity contribution >= 4 is 78.0 Å². The zero-order chi connectivity index (χ0) is 24.8. The molecule has 0 bridgehead atoms. The summed E-state index contributed by atoms with van der Waals surface area (Å²) in [4.78, 5) is 3.84. The topological polar surface area (TPSA) is 74.8 Å². The van der Waals surface area contributed by atoms with Gasteiger partial charge in [-0.15, -0.1) is 0 Å². The standard InChI is InChI=1S/2C10H19NO2S3.Cd/c2*1-3-4-6-11(9(14)15)10(2)5-7-16(12,13)8-10;/h2*3-8H2,1-2H3,(H,14,15);/q;;+2/p-2. The summed E-state index contributed by atoms with van der Waals surface area (Å²) in [6, 6.07) is 0. The van der Waals surface area contributed by atoms with Crippen molar-refractivity contribution in [3.05, 3.63) is 0 Å². The zero-order valence-electron chi connectivity index (χ0n) is 20.2. The smallest absolute Gasteiger partial charge is 0.411 e. The van der Waals surface area contributed by atoms with Crippen molar-refractivity contribution in [3.8, 4) is 0 Å². The van der Waals surface area contributed by atoms with Gasteiger partial charge in [-0.3, -0.25) is 0 Å². The molecule has 0 N–H and O–H groups in total. The molecule has 2 atom stereocenters.